The molecule has 0 spiro atoms. The van der Waals surface area contributed by atoms with Crippen molar-refractivity contribution in [2.75, 3.05) is 0 Å². The molecule has 1 nitrogen and oxygen atoms in total. The van der Waals surface area contributed by atoms with E-state index in [1.165, 1.54) is 44.9 Å². The van der Waals surface area contributed by atoms with Crippen molar-refractivity contribution in [3.8, 4) is 0 Å². The van der Waals surface area contributed by atoms with Crippen molar-refractivity contribution in [2.45, 2.75) is 64.8 Å². The van der Waals surface area contributed by atoms with E-state index in [9.17, 15) is 0 Å². The highest BCUT2D eigenvalue weighted by Gasteiger charge is 2.32. The fraction of sp³-hybridized carbons (Fsp3) is 1.00. The molecule has 78 valence electrons. The van der Waals surface area contributed by atoms with Gasteiger partial charge in [0.05, 0.1) is 0 Å². The van der Waals surface area contributed by atoms with E-state index in [0.717, 1.165) is 11.8 Å². The molecule has 2 unspecified atom stereocenters. The van der Waals surface area contributed by atoms with Crippen molar-refractivity contribution in [3.63, 3.8) is 0 Å². The Morgan fingerprint density at radius 3 is 2.31 bits per heavy atom. The lowest BCUT2D eigenvalue weighted by atomic mass is 9.96. The molecule has 2 N–H and O–H groups in total. The second-order valence-electron chi connectivity index (χ2n) is 4.63. The van der Waals surface area contributed by atoms with E-state index < -0.39 is 0 Å². The Hall–Kier alpha value is -0.0400. The highest BCUT2D eigenvalue weighted by atomic mass is 14.7. The summed E-state index contributed by atoms with van der Waals surface area (Å²) in [5.41, 5.74) is 5.76. The third kappa shape index (κ3) is 4.12. The Bertz CT molecular complexity index is 129. The molecular weight excluding hydrogens is 158 g/mol. The Kier molecular flexibility index (Phi) is 4.79. The fourth-order valence-corrected chi connectivity index (χ4v) is 2.14. The summed E-state index contributed by atoms with van der Waals surface area (Å²) in [7, 11) is 0. The van der Waals surface area contributed by atoms with E-state index in [4.69, 9.17) is 5.73 Å². The van der Waals surface area contributed by atoms with Crippen LogP contribution < -0.4 is 5.73 Å². The van der Waals surface area contributed by atoms with Gasteiger partial charge < -0.3 is 5.73 Å². The van der Waals surface area contributed by atoms with Gasteiger partial charge in [0.25, 0.3) is 0 Å². The number of nitrogens with two attached hydrogens (primary N) is 1. The zero-order chi connectivity index (χ0) is 9.68. The molecule has 0 amide bonds. The molecule has 1 rings (SSSR count). The molecule has 0 radical (unpaired) electrons. The first-order valence-corrected chi connectivity index (χ1v) is 6.03. The smallest absolute Gasteiger partial charge is 0.00709 e. The van der Waals surface area contributed by atoms with Gasteiger partial charge in [0, 0.05) is 6.04 Å². The van der Waals surface area contributed by atoms with Crippen LogP contribution in [-0.4, -0.2) is 6.04 Å². The molecule has 1 aliphatic rings. The topological polar surface area (TPSA) is 26.0 Å². The molecule has 0 aromatic heterocycles. The zero-order valence-electron chi connectivity index (χ0n) is 9.26. The maximum atomic E-state index is 5.76. The van der Waals surface area contributed by atoms with Crippen LogP contribution in [-0.2, 0) is 0 Å². The summed E-state index contributed by atoms with van der Waals surface area (Å²) < 4.78 is 0. The minimum Gasteiger partial charge on any atom is -0.327 e. The second kappa shape index (κ2) is 5.64. The van der Waals surface area contributed by atoms with Gasteiger partial charge in [-0.1, -0.05) is 46.0 Å². The molecule has 1 aliphatic carbocycles. The number of hydrogen-bond acceptors (Lipinski definition) is 1. The normalized spacial score (nSPS) is 26.8. The first kappa shape index (κ1) is 11.0. The summed E-state index contributed by atoms with van der Waals surface area (Å²) in [5, 5.41) is 0. The van der Waals surface area contributed by atoms with Crippen LogP contribution in [0.2, 0.25) is 0 Å². The summed E-state index contributed by atoms with van der Waals surface area (Å²) in [4.78, 5) is 0. The molecule has 1 heteroatoms. The first-order chi connectivity index (χ1) is 6.27. The van der Waals surface area contributed by atoms with Gasteiger partial charge in [0.1, 0.15) is 0 Å². The third-order valence-corrected chi connectivity index (χ3v) is 3.57. The summed E-state index contributed by atoms with van der Waals surface area (Å²) in [6, 6.07) is 0.563. The van der Waals surface area contributed by atoms with E-state index >= 15 is 0 Å². The molecule has 2 atom stereocenters. The van der Waals surface area contributed by atoms with Gasteiger partial charge in [0.2, 0.25) is 0 Å². The van der Waals surface area contributed by atoms with Gasteiger partial charge in [-0.05, 0) is 24.7 Å². The van der Waals surface area contributed by atoms with Crippen LogP contribution in [0.4, 0.5) is 0 Å². The number of hydrogen-bond donors (Lipinski definition) is 1. The SMILES string of the molecule is CCC(CC)CCCCC1CC1N. The number of rotatable bonds is 7. The van der Waals surface area contributed by atoms with E-state index in [2.05, 4.69) is 13.8 Å². The summed E-state index contributed by atoms with van der Waals surface area (Å²) >= 11 is 0. The lowest BCUT2D eigenvalue weighted by molar-refractivity contribution is 0.425. The Morgan fingerprint density at radius 1 is 1.23 bits per heavy atom. The van der Waals surface area contributed by atoms with Gasteiger partial charge in [0.15, 0.2) is 0 Å². The minimum atomic E-state index is 0.563. The zero-order valence-corrected chi connectivity index (χ0v) is 9.26. The summed E-state index contributed by atoms with van der Waals surface area (Å²) in [5.74, 6) is 1.87. The lowest BCUT2D eigenvalue weighted by Gasteiger charge is -2.11. The quantitative estimate of drug-likeness (QED) is 0.602. The van der Waals surface area contributed by atoms with Crippen molar-refractivity contribution in [1.29, 1.82) is 0 Å². The van der Waals surface area contributed by atoms with Crippen LogP contribution in [0.3, 0.4) is 0 Å². The van der Waals surface area contributed by atoms with Gasteiger partial charge in [-0.2, -0.15) is 0 Å². The van der Waals surface area contributed by atoms with Crippen molar-refractivity contribution < 1.29 is 0 Å². The molecule has 0 aliphatic heterocycles. The number of unbranched alkanes of at least 4 members (excludes halogenated alkanes) is 1. The van der Waals surface area contributed by atoms with Crippen molar-refractivity contribution in [3.05, 3.63) is 0 Å². The molecule has 0 aromatic rings. The highest BCUT2D eigenvalue weighted by Crippen LogP contribution is 2.33. The monoisotopic (exact) mass is 183 g/mol. The average Bonchev–Trinajstić information content (AvgIpc) is 2.83. The van der Waals surface area contributed by atoms with Gasteiger partial charge in [-0.3, -0.25) is 0 Å². The van der Waals surface area contributed by atoms with E-state index in [0.29, 0.717) is 6.04 Å². The summed E-state index contributed by atoms with van der Waals surface area (Å²) in [6.45, 7) is 4.62. The maximum Gasteiger partial charge on any atom is 0.00709 e. The summed E-state index contributed by atoms with van der Waals surface area (Å²) in [6.07, 6.45) is 9.69. The molecule has 13 heavy (non-hydrogen) atoms. The maximum absolute atomic E-state index is 5.76. The van der Waals surface area contributed by atoms with Crippen LogP contribution in [0.25, 0.3) is 0 Å². The van der Waals surface area contributed by atoms with Crippen molar-refractivity contribution >= 4 is 0 Å². The molecule has 0 bridgehead atoms. The predicted octanol–water partition coefficient (Wildman–Crippen LogP) is 3.33. The van der Waals surface area contributed by atoms with Crippen LogP contribution in [0.15, 0.2) is 0 Å². The largest absolute Gasteiger partial charge is 0.327 e. The lowest BCUT2D eigenvalue weighted by Crippen LogP contribution is -2.02. The van der Waals surface area contributed by atoms with Crippen molar-refractivity contribution in [2.24, 2.45) is 17.6 Å². The van der Waals surface area contributed by atoms with Crippen LogP contribution in [0.5, 0.6) is 0 Å². The average molecular weight is 183 g/mol. The molecule has 1 fully saturated rings. The van der Waals surface area contributed by atoms with Gasteiger partial charge >= 0.3 is 0 Å². The van der Waals surface area contributed by atoms with Gasteiger partial charge in [-0.25, -0.2) is 0 Å². The van der Waals surface area contributed by atoms with E-state index in [-0.39, 0.29) is 0 Å². The van der Waals surface area contributed by atoms with E-state index in [1.54, 1.807) is 0 Å². The first-order valence-electron chi connectivity index (χ1n) is 6.03. The molecule has 0 saturated heterocycles. The minimum absolute atomic E-state index is 0.563. The fourth-order valence-electron chi connectivity index (χ4n) is 2.14. The van der Waals surface area contributed by atoms with E-state index in [1.807, 2.05) is 0 Å². The Balaban J connectivity index is 1.88. The van der Waals surface area contributed by atoms with Crippen molar-refractivity contribution in [1.82, 2.24) is 0 Å². The van der Waals surface area contributed by atoms with Crippen LogP contribution >= 0.6 is 0 Å². The highest BCUT2D eigenvalue weighted by molar-refractivity contribution is 4.89. The molecular formula is C12H25N. The Morgan fingerprint density at radius 2 is 1.85 bits per heavy atom. The third-order valence-electron chi connectivity index (χ3n) is 3.57. The Labute approximate surface area is 83.1 Å². The molecule has 1 saturated carbocycles. The standard InChI is InChI=1S/C12H25N/c1-3-10(4-2)7-5-6-8-11-9-12(11)13/h10-12H,3-9,13H2,1-2H3. The molecule has 0 heterocycles. The van der Waals surface area contributed by atoms with Crippen LogP contribution in [0.1, 0.15) is 58.8 Å². The second-order valence-corrected chi connectivity index (χ2v) is 4.63. The predicted molar refractivity (Wildman–Crippen MR) is 58.6 cm³/mol. The van der Waals surface area contributed by atoms with Gasteiger partial charge in [-0.15, -0.1) is 0 Å². The van der Waals surface area contributed by atoms with Crippen LogP contribution in [0, 0.1) is 11.8 Å². The molecule has 0 aromatic carbocycles.